The number of benzene rings is 2. The molecule has 6 nitrogen and oxygen atoms in total. The molecule has 0 radical (unpaired) electrons. The van der Waals surface area contributed by atoms with Crippen molar-refractivity contribution in [1.29, 1.82) is 0 Å². The molecule has 0 N–H and O–H groups in total. The highest BCUT2D eigenvalue weighted by Crippen LogP contribution is 2.62. The summed E-state index contributed by atoms with van der Waals surface area (Å²) in [4.78, 5) is 0. The summed E-state index contributed by atoms with van der Waals surface area (Å²) in [5, 5.41) is 0. The van der Waals surface area contributed by atoms with Gasteiger partial charge in [0.05, 0.1) is 44.2 Å². The van der Waals surface area contributed by atoms with Crippen molar-refractivity contribution in [3.63, 3.8) is 0 Å². The molecular weight excluding hydrogens is 578 g/mol. The normalized spacial score (nSPS) is 28.8. The molecule has 1 spiro atoms. The van der Waals surface area contributed by atoms with Gasteiger partial charge < -0.3 is 18.1 Å². The summed E-state index contributed by atoms with van der Waals surface area (Å²) in [5.41, 5.74) is 6.50. The summed E-state index contributed by atoms with van der Waals surface area (Å²) in [7, 11) is -6.71. The molecule has 240 valence electrons. The molecule has 0 aliphatic carbocycles. The van der Waals surface area contributed by atoms with E-state index in [4.69, 9.17) is 18.1 Å². The Labute approximate surface area is 260 Å². The van der Waals surface area contributed by atoms with Gasteiger partial charge in [0.1, 0.15) is 0 Å². The van der Waals surface area contributed by atoms with Crippen LogP contribution in [0.5, 0.6) is 0 Å². The summed E-state index contributed by atoms with van der Waals surface area (Å²) in [6.07, 6.45) is 4.65. The van der Waals surface area contributed by atoms with Gasteiger partial charge in [-0.3, -0.25) is 9.13 Å². The van der Waals surface area contributed by atoms with Crippen LogP contribution in [0.1, 0.15) is 138 Å². The van der Waals surface area contributed by atoms with Gasteiger partial charge in [-0.15, -0.1) is 0 Å². The van der Waals surface area contributed by atoms with Crippen LogP contribution in [0.2, 0.25) is 0 Å². The predicted molar refractivity (Wildman–Crippen MR) is 177 cm³/mol. The van der Waals surface area contributed by atoms with Gasteiger partial charge >= 0.3 is 15.2 Å². The molecule has 2 saturated heterocycles. The first-order valence-corrected chi connectivity index (χ1v) is 19.9. The van der Waals surface area contributed by atoms with Crippen molar-refractivity contribution in [2.45, 2.75) is 117 Å². The molecule has 0 saturated carbocycles. The van der Waals surface area contributed by atoms with Crippen molar-refractivity contribution in [1.82, 2.24) is 0 Å². The van der Waals surface area contributed by atoms with Gasteiger partial charge in [0.2, 0.25) is 0 Å². The molecule has 2 aromatic carbocycles. The van der Waals surface area contributed by atoms with Crippen LogP contribution in [0, 0.1) is 5.41 Å². The first-order valence-electron chi connectivity index (χ1n) is 16.4. The summed E-state index contributed by atoms with van der Waals surface area (Å²) in [6.45, 7) is 18.4. The Hall–Kier alpha value is -1.26. The molecule has 0 amide bonds. The van der Waals surface area contributed by atoms with Gasteiger partial charge in [0.15, 0.2) is 0 Å². The van der Waals surface area contributed by atoms with E-state index in [-0.39, 0.29) is 38.8 Å². The fourth-order valence-electron chi connectivity index (χ4n) is 5.82. The highest BCUT2D eigenvalue weighted by molar-refractivity contribution is 7.53. The minimum Gasteiger partial charge on any atom is -0.307 e. The lowest BCUT2D eigenvalue weighted by Gasteiger charge is -2.43. The van der Waals surface area contributed by atoms with Crippen LogP contribution in [-0.4, -0.2) is 26.4 Å². The van der Waals surface area contributed by atoms with Crippen LogP contribution in [0.4, 0.5) is 0 Å². The fourth-order valence-corrected chi connectivity index (χ4v) is 9.63. The third-order valence-corrected chi connectivity index (χ3v) is 13.5. The minimum atomic E-state index is -3.36. The van der Waals surface area contributed by atoms with Crippen LogP contribution in [0.25, 0.3) is 0 Å². The van der Waals surface area contributed by atoms with Crippen LogP contribution >= 0.6 is 15.2 Å². The third-order valence-electron chi connectivity index (χ3n) is 9.99. The second kappa shape index (κ2) is 14.4. The van der Waals surface area contributed by atoms with Crippen molar-refractivity contribution in [2.24, 2.45) is 5.41 Å². The maximum atomic E-state index is 13.8. The Morgan fingerprint density at radius 3 is 1.21 bits per heavy atom. The number of hydrogen-bond acceptors (Lipinski definition) is 6. The topological polar surface area (TPSA) is 71.1 Å². The Kier molecular flexibility index (Phi) is 11.6. The van der Waals surface area contributed by atoms with Crippen molar-refractivity contribution in [3.05, 3.63) is 69.8 Å². The van der Waals surface area contributed by atoms with Crippen molar-refractivity contribution < 1.29 is 27.2 Å². The smallest absolute Gasteiger partial charge is 0.307 e. The molecule has 0 bridgehead atoms. The van der Waals surface area contributed by atoms with Gasteiger partial charge in [-0.25, -0.2) is 0 Å². The maximum absolute atomic E-state index is 13.8. The second-order valence-electron chi connectivity index (χ2n) is 13.3. The lowest BCUT2D eigenvalue weighted by molar-refractivity contribution is -0.0690. The SMILES string of the molecule is CCC(C)c1ccc(CP2(=O)OCC3(CO2)COP(=O)(Cc2ccc(C(C)CC)cc2C(C)CC)OC3)c(C(C)CC)c1. The van der Waals surface area contributed by atoms with E-state index in [1.54, 1.807) is 0 Å². The molecule has 0 aromatic heterocycles. The van der Waals surface area contributed by atoms with Crippen molar-refractivity contribution in [2.75, 3.05) is 26.4 Å². The summed E-state index contributed by atoms with van der Waals surface area (Å²) < 4.78 is 51.6. The monoisotopic (exact) mass is 632 g/mol. The van der Waals surface area contributed by atoms with E-state index >= 15 is 0 Å². The van der Waals surface area contributed by atoms with Gasteiger partial charge in [-0.1, -0.05) is 91.8 Å². The van der Waals surface area contributed by atoms with Crippen molar-refractivity contribution >= 4 is 15.2 Å². The first kappa shape index (κ1) is 34.6. The third kappa shape index (κ3) is 8.13. The van der Waals surface area contributed by atoms with E-state index in [1.165, 1.54) is 22.3 Å². The molecule has 8 heteroatoms. The molecule has 2 heterocycles. The van der Waals surface area contributed by atoms with E-state index in [9.17, 15) is 9.13 Å². The van der Waals surface area contributed by atoms with Crippen LogP contribution in [0.3, 0.4) is 0 Å². The zero-order valence-corrected chi connectivity index (χ0v) is 29.5. The molecule has 4 atom stereocenters. The van der Waals surface area contributed by atoms with Gasteiger partial charge in [-0.2, -0.15) is 0 Å². The minimum absolute atomic E-state index is 0.190. The summed E-state index contributed by atoms with van der Waals surface area (Å²) >= 11 is 0. The lowest BCUT2D eigenvalue weighted by atomic mass is 9.89. The van der Waals surface area contributed by atoms with Crippen LogP contribution < -0.4 is 0 Å². The van der Waals surface area contributed by atoms with E-state index in [0.29, 0.717) is 23.7 Å². The van der Waals surface area contributed by atoms with Crippen LogP contribution in [-0.2, 0) is 39.5 Å². The molecule has 4 unspecified atom stereocenters. The Morgan fingerprint density at radius 1 is 0.581 bits per heavy atom. The number of hydrogen-bond donors (Lipinski definition) is 0. The van der Waals surface area contributed by atoms with E-state index in [0.717, 1.165) is 36.8 Å². The molecule has 2 aromatic rings. The summed E-state index contributed by atoms with van der Waals surface area (Å²) in [5.74, 6) is 1.65. The fraction of sp³-hybridized carbons (Fsp3) is 0.657. The van der Waals surface area contributed by atoms with Crippen LogP contribution in [0.15, 0.2) is 36.4 Å². The second-order valence-corrected chi connectivity index (χ2v) is 17.4. The van der Waals surface area contributed by atoms with E-state index < -0.39 is 20.6 Å². The van der Waals surface area contributed by atoms with Crippen molar-refractivity contribution in [3.8, 4) is 0 Å². The molecule has 2 aliphatic heterocycles. The van der Waals surface area contributed by atoms with Gasteiger partial charge in [0, 0.05) is 0 Å². The Bertz CT molecular complexity index is 1210. The molecular formula is C35H54O6P2. The average molecular weight is 633 g/mol. The van der Waals surface area contributed by atoms with Gasteiger partial charge in [-0.05, 0) is 82.7 Å². The van der Waals surface area contributed by atoms with Gasteiger partial charge in [0.25, 0.3) is 0 Å². The molecule has 4 rings (SSSR count). The largest absolute Gasteiger partial charge is 0.335 e. The lowest BCUT2D eigenvalue weighted by Crippen LogP contribution is -2.45. The van der Waals surface area contributed by atoms with E-state index in [1.807, 2.05) is 0 Å². The predicted octanol–water partition coefficient (Wildman–Crippen LogP) is 10.9. The molecule has 2 aliphatic rings. The standard InChI is InChI=1S/C35H54O6P2/c1-9-25(5)29-13-15-31(33(17-29)27(7)11-3)19-42(36)38-21-35(22-39-42)23-40-43(37,41-24-35)20-32-16-14-30(26(6)10-2)18-34(32)28(8)12-4/h13-18,25-28H,9-12,19-24H2,1-8H3. The maximum Gasteiger partial charge on any atom is 0.335 e. The molecule has 43 heavy (non-hydrogen) atoms. The highest BCUT2D eigenvalue weighted by Gasteiger charge is 2.49. The zero-order valence-electron chi connectivity index (χ0n) is 27.7. The Morgan fingerprint density at radius 2 is 0.907 bits per heavy atom. The zero-order chi connectivity index (χ0) is 31.4. The highest BCUT2D eigenvalue weighted by atomic mass is 31.2. The number of rotatable bonds is 12. The van der Waals surface area contributed by atoms with E-state index in [2.05, 4.69) is 91.8 Å². The Balaban J connectivity index is 1.42. The quantitative estimate of drug-likeness (QED) is 0.217. The molecule has 2 fully saturated rings. The first-order chi connectivity index (χ1) is 20.4. The summed E-state index contributed by atoms with van der Waals surface area (Å²) in [6, 6.07) is 13.1. The average Bonchev–Trinajstić information content (AvgIpc) is 3.03.